The summed E-state index contributed by atoms with van der Waals surface area (Å²) in [6, 6.07) is 18.7. The van der Waals surface area contributed by atoms with Crippen LogP contribution in [0.3, 0.4) is 0 Å². The minimum Gasteiger partial charge on any atom is -0.378 e. The third kappa shape index (κ3) is 2.54. The largest absolute Gasteiger partial charge is 0.378 e. The van der Waals surface area contributed by atoms with Crippen molar-refractivity contribution >= 4 is 16.6 Å². The molecule has 0 saturated heterocycles. The third-order valence-corrected chi connectivity index (χ3v) is 4.89. The number of halogens is 1. The third-order valence-electron chi connectivity index (χ3n) is 4.89. The van der Waals surface area contributed by atoms with Gasteiger partial charge in [0, 0.05) is 43.3 Å². The predicted molar refractivity (Wildman–Crippen MR) is 105 cm³/mol. The molecule has 2 aromatic carbocycles. The second kappa shape index (κ2) is 5.99. The van der Waals surface area contributed by atoms with E-state index in [1.54, 1.807) is 6.07 Å². The number of aryl methyl sites for hydroxylation is 1. The standard InChI is InChI=1S/C22H20FN3/c1-25(2)17-9-11-19-21(13-17)26(3)20-12-16(24)8-10-18(20)22(19)14-4-6-15(23)7-5-14/h4-13,24H,1-3H3. The number of pyridine rings is 1. The normalized spacial score (nSPS) is 11.2. The van der Waals surface area contributed by atoms with Gasteiger partial charge in [-0.15, -0.1) is 0 Å². The lowest BCUT2D eigenvalue weighted by Gasteiger charge is -2.23. The van der Waals surface area contributed by atoms with Crippen molar-refractivity contribution in [2.75, 3.05) is 19.0 Å². The zero-order chi connectivity index (χ0) is 18.4. The number of hydrogen-bond acceptors (Lipinski definition) is 2. The molecule has 3 nitrogen and oxygen atoms in total. The molecule has 1 heterocycles. The minimum absolute atomic E-state index is 0.243. The van der Waals surface area contributed by atoms with E-state index < -0.39 is 0 Å². The van der Waals surface area contributed by atoms with Gasteiger partial charge in [0.05, 0.1) is 16.6 Å². The summed E-state index contributed by atoms with van der Waals surface area (Å²) in [5.41, 5.74) is 6.27. The first kappa shape index (κ1) is 16.3. The van der Waals surface area contributed by atoms with Crippen molar-refractivity contribution in [3.8, 4) is 22.4 Å². The van der Waals surface area contributed by atoms with Crippen LogP contribution in [0.2, 0.25) is 0 Å². The highest BCUT2D eigenvalue weighted by atomic mass is 19.1. The fourth-order valence-corrected chi connectivity index (χ4v) is 3.51. The van der Waals surface area contributed by atoms with Gasteiger partial charge in [-0.05, 0) is 42.0 Å². The second-order valence-electron chi connectivity index (χ2n) is 6.77. The van der Waals surface area contributed by atoms with Crippen LogP contribution < -0.4 is 10.3 Å². The molecule has 0 amide bonds. The molecule has 26 heavy (non-hydrogen) atoms. The van der Waals surface area contributed by atoms with Crippen LogP contribution in [0.1, 0.15) is 0 Å². The molecule has 4 heteroatoms. The van der Waals surface area contributed by atoms with Crippen LogP contribution in [0.25, 0.3) is 33.3 Å². The molecular weight excluding hydrogens is 325 g/mol. The highest BCUT2D eigenvalue weighted by molar-refractivity contribution is 6.04. The van der Waals surface area contributed by atoms with Crippen molar-refractivity contribution in [1.29, 1.82) is 5.41 Å². The maximum atomic E-state index is 13.5. The fraction of sp³-hybridized carbons (Fsp3) is 0.136. The van der Waals surface area contributed by atoms with Gasteiger partial charge in [0.25, 0.3) is 0 Å². The molecule has 0 saturated carbocycles. The molecule has 0 radical (unpaired) electrons. The molecule has 2 aromatic rings. The van der Waals surface area contributed by atoms with Crippen molar-refractivity contribution in [2.45, 2.75) is 0 Å². The Bertz CT molecular complexity index is 1140. The fourth-order valence-electron chi connectivity index (χ4n) is 3.51. The number of benzene rings is 3. The number of fused-ring (bicyclic) bond motifs is 2. The Labute approximate surface area is 151 Å². The van der Waals surface area contributed by atoms with Crippen molar-refractivity contribution in [3.05, 3.63) is 71.8 Å². The Morgan fingerprint density at radius 3 is 2.35 bits per heavy atom. The monoisotopic (exact) mass is 345 g/mol. The zero-order valence-corrected chi connectivity index (χ0v) is 15.0. The van der Waals surface area contributed by atoms with Crippen molar-refractivity contribution in [2.24, 2.45) is 7.05 Å². The first-order valence-corrected chi connectivity index (χ1v) is 8.50. The molecule has 1 aliphatic heterocycles. The molecule has 130 valence electrons. The molecule has 0 fully saturated rings. The van der Waals surface area contributed by atoms with Crippen LogP contribution in [0.5, 0.6) is 0 Å². The molecule has 2 aliphatic rings. The van der Waals surface area contributed by atoms with Gasteiger partial charge in [0.2, 0.25) is 0 Å². The molecule has 1 N–H and O–H groups in total. The SMILES string of the molecule is CN(C)c1ccc2c(-c3ccc(F)cc3)c3ccc(=N)cc-3n(C)c2c1. The van der Waals surface area contributed by atoms with Gasteiger partial charge in [0.15, 0.2) is 0 Å². The van der Waals surface area contributed by atoms with E-state index in [1.807, 2.05) is 45.4 Å². The van der Waals surface area contributed by atoms with Gasteiger partial charge in [-0.3, -0.25) is 0 Å². The summed E-state index contributed by atoms with van der Waals surface area (Å²) >= 11 is 0. The molecule has 0 unspecified atom stereocenters. The number of aromatic nitrogens is 1. The van der Waals surface area contributed by atoms with Crippen molar-refractivity contribution < 1.29 is 4.39 Å². The Kier molecular flexibility index (Phi) is 3.76. The van der Waals surface area contributed by atoms with Gasteiger partial charge in [-0.25, -0.2) is 4.39 Å². The Hall–Kier alpha value is -3.14. The summed E-state index contributed by atoms with van der Waals surface area (Å²) in [6.45, 7) is 0. The molecular formula is C22H20FN3. The average molecular weight is 345 g/mol. The number of hydrogen-bond donors (Lipinski definition) is 1. The Morgan fingerprint density at radius 2 is 1.65 bits per heavy atom. The molecule has 1 aliphatic carbocycles. The van der Waals surface area contributed by atoms with Gasteiger partial charge in [0.1, 0.15) is 5.82 Å². The Balaban J connectivity index is 2.18. The molecule has 0 bridgehead atoms. The lowest BCUT2D eigenvalue weighted by atomic mass is 9.91. The summed E-state index contributed by atoms with van der Waals surface area (Å²) in [5.74, 6) is -0.243. The summed E-state index contributed by atoms with van der Waals surface area (Å²) in [6.07, 6.45) is 0. The number of anilines is 1. The van der Waals surface area contributed by atoms with E-state index in [2.05, 4.69) is 27.7 Å². The molecule has 0 aromatic heterocycles. The lowest BCUT2D eigenvalue weighted by Crippen LogP contribution is -2.11. The summed E-state index contributed by atoms with van der Waals surface area (Å²) in [7, 11) is 6.06. The van der Waals surface area contributed by atoms with Crippen LogP contribution in [0.4, 0.5) is 10.1 Å². The smallest absolute Gasteiger partial charge is 0.123 e. The van der Waals surface area contributed by atoms with Crippen LogP contribution >= 0.6 is 0 Å². The first-order valence-electron chi connectivity index (χ1n) is 8.50. The first-order chi connectivity index (χ1) is 12.5. The van der Waals surface area contributed by atoms with E-state index in [1.165, 1.54) is 12.1 Å². The van der Waals surface area contributed by atoms with Crippen LogP contribution in [0, 0.1) is 11.2 Å². The van der Waals surface area contributed by atoms with Crippen LogP contribution in [-0.2, 0) is 7.05 Å². The summed E-state index contributed by atoms with van der Waals surface area (Å²) < 4.78 is 15.6. The van der Waals surface area contributed by atoms with Gasteiger partial charge in [-0.1, -0.05) is 24.3 Å². The number of rotatable bonds is 2. The maximum absolute atomic E-state index is 13.5. The van der Waals surface area contributed by atoms with Gasteiger partial charge < -0.3 is 14.9 Å². The maximum Gasteiger partial charge on any atom is 0.123 e. The summed E-state index contributed by atoms with van der Waals surface area (Å²) in [5, 5.41) is 9.60. The quantitative estimate of drug-likeness (QED) is 0.528. The number of nitrogens with one attached hydrogen (secondary N) is 1. The van der Waals surface area contributed by atoms with Crippen molar-refractivity contribution in [3.63, 3.8) is 0 Å². The summed E-state index contributed by atoms with van der Waals surface area (Å²) in [4.78, 5) is 2.07. The number of nitrogens with zero attached hydrogens (tertiary/aromatic N) is 2. The van der Waals surface area contributed by atoms with E-state index in [0.717, 1.165) is 39.0 Å². The Morgan fingerprint density at radius 1 is 0.923 bits per heavy atom. The van der Waals surface area contributed by atoms with Gasteiger partial charge in [-0.2, -0.15) is 0 Å². The molecule has 4 rings (SSSR count). The highest BCUT2D eigenvalue weighted by Gasteiger charge is 2.18. The average Bonchev–Trinajstić information content (AvgIpc) is 2.63. The van der Waals surface area contributed by atoms with E-state index in [4.69, 9.17) is 5.41 Å². The van der Waals surface area contributed by atoms with E-state index in [-0.39, 0.29) is 5.82 Å². The topological polar surface area (TPSA) is 32.0 Å². The predicted octanol–water partition coefficient (Wildman–Crippen LogP) is 4.63. The van der Waals surface area contributed by atoms with Crippen LogP contribution in [0.15, 0.2) is 60.7 Å². The van der Waals surface area contributed by atoms with E-state index in [9.17, 15) is 4.39 Å². The minimum atomic E-state index is -0.243. The molecule has 0 atom stereocenters. The lowest BCUT2D eigenvalue weighted by molar-refractivity contribution is 0.628. The highest BCUT2D eigenvalue weighted by Crippen LogP contribution is 2.40. The zero-order valence-electron chi connectivity index (χ0n) is 15.0. The van der Waals surface area contributed by atoms with Crippen molar-refractivity contribution in [1.82, 2.24) is 4.57 Å². The van der Waals surface area contributed by atoms with Crippen LogP contribution in [-0.4, -0.2) is 18.7 Å². The van der Waals surface area contributed by atoms with E-state index in [0.29, 0.717) is 5.36 Å². The molecule has 0 spiro atoms. The second-order valence-corrected chi connectivity index (χ2v) is 6.77. The van der Waals surface area contributed by atoms with Gasteiger partial charge >= 0.3 is 0 Å². The van der Waals surface area contributed by atoms with E-state index >= 15 is 0 Å².